The lowest BCUT2D eigenvalue weighted by molar-refractivity contribution is -0.384. The molecule has 1 amide bonds. The number of carboxylic acid groups (broad SMARTS) is 1. The summed E-state index contributed by atoms with van der Waals surface area (Å²) in [5.41, 5.74) is -0.973. The van der Waals surface area contributed by atoms with Crippen molar-refractivity contribution in [2.75, 3.05) is 18.4 Å². The number of nitrogens with one attached hydrogen (secondary N) is 2. The Morgan fingerprint density at radius 2 is 2.10 bits per heavy atom. The van der Waals surface area contributed by atoms with Crippen LogP contribution in [0.5, 0.6) is 0 Å². The van der Waals surface area contributed by atoms with Crippen LogP contribution in [0.4, 0.5) is 11.4 Å². The quantitative estimate of drug-likeness (QED) is 0.510. The zero-order valence-corrected chi connectivity index (χ0v) is 10.9. The van der Waals surface area contributed by atoms with Gasteiger partial charge >= 0.3 is 11.7 Å². The number of nitro groups is 1. The summed E-state index contributed by atoms with van der Waals surface area (Å²) in [6, 6.07) is 3.88. The second-order valence-electron chi connectivity index (χ2n) is 3.97. The standard InChI is InChI=1S/C12H15N3O5/c1-2-6-13-10(16)7-14-9-5-3-4-8(12(17)18)11(9)15(19)20/h3-5,14H,2,6-7H2,1H3,(H,13,16)(H,17,18). The van der Waals surface area contributed by atoms with Crippen LogP contribution in [0, 0.1) is 10.1 Å². The molecule has 0 atom stereocenters. The second kappa shape index (κ2) is 7.07. The second-order valence-corrected chi connectivity index (χ2v) is 3.97. The molecule has 0 aliphatic carbocycles. The maximum atomic E-state index is 11.4. The van der Waals surface area contributed by atoms with Crippen molar-refractivity contribution in [1.29, 1.82) is 0 Å². The Morgan fingerprint density at radius 3 is 2.65 bits per heavy atom. The highest BCUT2D eigenvalue weighted by Crippen LogP contribution is 2.28. The molecule has 0 bridgehead atoms. The molecule has 8 heteroatoms. The molecule has 0 fully saturated rings. The Bertz CT molecular complexity index is 530. The fourth-order valence-corrected chi connectivity index (χ4v) is 1.56. The van der Waals surface area contributed by atoms with E-state index in [0.717, 1.165) is 12.5 Å². The average molecular weight is 281 g/mol. The number of rotatable bonds is 7. The van der Waals surface area contributed by atoms with Crippen molar-refractivity contribution in [2.45, 2.75) is 13.3 Å². The molecule has 0 aliphatic rings. The fourth-order valence-electron chi connectivity index (χ4n) is 1.56. The molecule has 0 radical (unpaired) electrons. The van der Waals surface area contributed by atoms with Crippen molar-refractivity contribution in [1.82, 2.24) is 5.32 Å². The third-order valence-corrected chi connectivity index (χ3v) is 2.46. The van der Waals surface area contributed by atoms with E-state index in [9.17, 15) is 19.7 Å². The van der Waals surface area contributed by atoms with Gasteiger partial charge in [0.25, 0.3) is 0 Å². The molecule has 0 aliphatic heterocycles. The number of amides is 1. The zero-order chi connectivity index (χ0) is 15.1. The van der Waals surface area contributed by atoms with E-state index in [0.29, 0.717) is 6.54 Å². The van der Waals surface area contributed by atoms with Gasteiger partial charge in [-0.25, -0.2) is 4.79 Å². The maximum absolute atomic E-state index is 11.4. The van der Waals surface area contributed by atoms with E-state index in [1.165, 1.54) is 12.1 Å². The van der Waals surface area contributed by atoms with Crippen molar-refractivity contribution in [3.05, 3.63) is 33.9 Å². The van der Waals surface area contributed by atoms with Crippen LogP contribution in [0.2, 0.25) is 0 Å². The monoisotopic (exact) mass is 281 g/mol. The number of hydrogen-bond donors (Lipinski definition) is 3. The summed E-state index contributed by atoms with van der Waals surface area (Å²) in [4.78, 5) is 32.5. The lowest BCUT2D eigenvalue weighted by atomic mass is 10.1. The van der Waals surface area contributed by atoms with Crippen LogP contribution in [-0.4, -0.2) is 35.0 Å². The lowest BCUT2D eigenvalue weighted by Crippen LogP contribution is -2.30. The van der Waals surface area contributed by atoms with Crippen molar-refractivity contribution < 1.29 is 19.6 Å². The molecular formula is C12H15N3O5. The molecule has 1 aromatic carbocycles. The van der Waals surface area contributed by atoms with Crippen LogP contribution in [0.25, 0.3) is 0 Å². The number of nitro benzene ring substituents is 1. The molecule has 1 aromatic rings. The zero-order valence-electron chi connectivity index (χ0n) is 10.9. The van der Waals surface area contributed by atoms with Gasteiger partial charge in [0.15, 0.2) is 0 Å². The van der Waals surface area contributed by atoms with Gasteiger partial charge in [0.05, 0.1) is 11.5 Å². The third kappa shape index (κ3) is 3.94. The highest BCUT2D eigenvalue weighted by Gasteiger charge is 2.24. The Morgan fingerprint density at radius 1 is 1.40 bits per heavy atom. The topological polar surface area (TPSA) is 122 Å². The molecular weight excluding hydrogens is 266 g/mol. The van der Waals surface area contributed by atoms with Crippen molar-refractivity contribution in [2.24, 2.45) is 0 Å². The summed E-state index contributed by atoms with van der Waals surface area (Å²) >= 11 is 0. The number of para-hydroxylation sites is 1. The highest BCUT2D eigenvalue weighted by molar-refractivity contribution is 5.95. The molecule has 1 rings (SSSR count). The summed E-state index contributed by atoms with van der Waals surface area (Å²) in [5, 5.41) is 25.1. The van der Waals surface area contributed by atoms with E-state index in [4.69, 9.17) is 5.11 Å². The van der Waals surface area contributed by atoms with Crippen molar-refractivity contribution in [3.63, 3.8) is 0 Å². The van der Waals surface area contributed by atoms with Gasteiger partial charge in [0.1, 0.15) is 11.3 Å². The molecule has 20 heavy (non-hydrogen) atoms. The number of aromatic carboxylic acids is 1. The first-order valence-corrected chi connectivity index (χ1v) is 5.98. The predicted octanol–water partition coefficient (Wildman–Crippen LogP) is 1.23. The van der Waals surface area contributed by atoms with Gasteiger partial charge in [-0.2, -0.15) is 0 Å². The summed E-state index contributed by atoms with van der Waals surface area (Å²) < 4.78 is 0. The number of benzene rings is 1. The van der Waals surface area contributed by atoms with Crippen LogP contribution < -0.4 is 10.6 Å². The number of carbonyl (C=O) groups is 2. The van der Waals surface area contributed by atoms with E-state index in [-0.39, 0.29) is 18.1 Å². The van der Waals surface area contributed by atoms with E-state index < -0.39 is 22.1 Å². The number of carbonyl (C=O) groups excluding carboxylic acids is 1. The fraction of sp³-hybridized carbons (Fsp3) is 0.333. The molecule has 0 saturated heterocycles. The number of hydrogen-bond acceptors (Lipinski definition) is 5. The first-order chi connectivity index (χ1) is 9.47. The van der Waals surface area contributed by atoms with Gasteiger partial charge < -0.3 is 15.7 Å². The molecule has 0 saturated carbocycles. The van der Waals surface area contributed by atoms with Crippen LogP contribution in [0.3, 0.4) is 0 Å². The van der Waals surface area contributed by atoms with Crippen LogP contribution in [0.15, 0.2) is 18.2 Å². The van der Waals surface area contributed by atoms with Crippen LogP contribution in [0.1, 0.15) is 23.7 Å². The van der Waals surface area contributed by atoms with Gasteiger partial charge in [-0.15, -0.1) is 0 Å². The van der Waals surface area contributed by atoms with E-state index in [2.05, 4.69) is 10.6 Å². The first kappa shape index (κ1) is 15.4. The predicted molar refractivity (Wildman–Crippen MR) is 71.8 cm³/mol. The highest BCUT2D eigenvalue weighted by atomic mass is 16.6. The summed E-state index contributed by atoms with van der Waals surface area (Å²) in [5.74, 6) is -1.71. The van der Waals surface area contributed by atoms with Gasteiger partial charge in [0, 0.05) is 6.54 Å². The van der Waals surface area contributed by atoms with Crippen molar-refractivity contribution >= 4 is 23.3 Å². The molecule has 8 nitrogen and oxygen atoms in total. The Kier molecular flexibility index (Phi) is 5.45. The minimum atomic E-state index is -1.39. The minimum Gasteiger partial charge on any atom is -0.477 e. The SMILES string of the molecule is CCCNC(=O)CNc1cccc(C(=O)O)c1[N+](=O)[O-]. The third-order valence-electron chi connectivity index (χ3n) is 2.46. The van der Waals surface area contributed by atoms with Gasteiger partial charge in [-0.1, -0.05) is 13.0 Å². The number of carboxylic acids is 1. The lowest BCUT2D eigenvalue weighted by Gasteiger charge is -2.08. The van der Waals surface area contributed by atoms with E-state index in [1.807, 2.05) is 6.92 Å². The first-order valence-electron chi connectivity index (χ1n) is 5.98. The van der Waals surface area contributed by atoms with Gasteiger partial charge in [-0.05, 0) is 18.6 Å². The van der Waals surface area contributed by atoms with E-state index in [1.54, 1.807) is 0 Å². The van der Waals surface area contributed by atoms with E-state index >= 15 is 0 Å². The average Bonchev–Trinajstić information content (AvgIpc) is 2.41. The largest absolute Gasteiger partial charge is 0.477 e. The number of nitrogens with zero attached hydrogens (tertiary/aromatic N) is 1. The molecule has 0 spiro atoms. The molecule has 108 valence electrons. The molecule has 0 heterocycles. The summed E-state index contributed by atoms with van der Waals surface area (Å²) in [7, 11) is 0. The Hall–Kier alpha value is -2.64. The van der Waals surface area contributed by atoms with Crippen LogP contribution >= 0.6 is 0 Å². The summed E-state index contributed by atoms with van der Waals surface area (Å²) in [6.45, 7) is 2.25. The smallest absolute Gasteiger partial charge is 0.342 e. The maximum Gasteiger partial charge on any atom is 0.342 e. The number of anilines is 1. The Balaban J connectivity index is 2.90. The Labute approximate surface area is 114 Å². The molecule has 0 aromatic heterocycles. The van der Waals surface area contributed by atoms with Gasteiger partial charge in [0.2, 0.25) is 5.91 Å². The summed E-state index contributed by atoms with van der Waals surface area (Å²) in [6.07, 6.45) is 0.778. The minimum absolute atomic E-state index is 0.00143. The van der Waals surface area contributed by atoms with Crippen LogP contribution in [-0.2, 0) is 4.79 Å². The van der Waals surface area contributed by atoms with Crippen molar-refractivity contribution in [3.8, 4) is 0 Å². The molecule has 0 unspecified atom stereocenters. The normalized spacial score (nSPS) is 9.85. The van der Waals surface area contributed by atoms with Gasteiger partial charge in [-0.3, -0.25) is 14.9 Å². The molecule has 3 N–H and O–H groups in total.